The minimum Gasteiger partial charge on any atom is -0.395 e. The van der Waals surface area contributed by atoms with Gasteiger partial charge in [0.1, 0.15) is 0 Å². The molecular formula is C15H32N2O2. The fraction of sp³-hybridized carbons (Fsp3) is 1.00. The largest absolute Gasteiger partial charge is 0.395 e. The molecule has 1 fully saturated rings. The molecule has 1 aliphatic carbocycles. The van der Waals surface area contributed by atoms with Crippen LogP contribution >= 0.6 is 0 Å². The molecule has 0 amide bonds. The third-order valence-electron chi connectivity index (χ3n) is 4.54. The van der Waals surface area contributed by atoms with Crippen molar-refractivity contribution in [2.75, 3.05) is 47.0 Å². The van der Waals surface area contributed by atoms with Gasteiger partial charge in [0.2, 0.25) is 0 Å². The topological polar surface area (TPSA) is 44.7 Å². The molecule has 2 N–H and O–H groups in total. The van der Waals surface area contributed by atoms with Crippen molar-refractivity contribution in [3.8, 4) is 0 Å². The Balaban J connectivity index is 2.59. The molecule has 4 nitrogen and oxygen atoms in total. The van der Waals surface area contributed by atoms with Gasteiger partial charge in [0, 0.05) is 32.8 Å². The summed E-state index contributed by atoms with van der Waals surface area (Å²) in [5, 5.41) is 12.7. The summed E-state index contributed by atoms with van der Waals surface area (Å²) < 4.78 is 5.16. The molecule has 0 aromatic heterocycles. The first-order valence-electron chi connectivity index (χ1n) is 7.54. The lowest BCUT2D eigenvalue weighted by Gasteiger charge is -2.45. The molecule has 0 aromatic rings. The molecule has 2 atom stereocenters. The van der Waals surface area contributed by atoms with E-state index in [1.54, 1.807) is 7.11 Å². The minimum atomic E-state index is 0.226. The molecule has 1 saturated carbocycles. The fourth-order valence-corrected chi connectivity index (χ4v) is 3.59. The highest BCUT2D eigenvalue weighted by Gasteiger charge is 2.38. The number of nitrogens with zero attached hydrogens (tertiary/aromatic N) is 1. The van der Waals surface area contributed by atoms with Gasteiger partial charge in [-0.3, -0.25) is 4.90 Å². The van der Waals surface area contributed by atoms with E-state index in [4.69, 9.17) is 4.74 Å². The van der Waals surface area contributed by atoms with Crippen molar-refractivity contribution in [3.63, 3.8) is 0 Å². The number of rotatable bonds is 8. The van der Waals surface area contributed by atoms with Crippen LogP contribution in [0, 0.1) is 11.3 Å². The van der Waals surface area contributed by atoms with Gasteiger partial charge in [-0.25, -0.2) is 0 Å². The second-order valence-electron chi connectivity index (χ2n) is 6.42. The van der Waals surface area contributed by atoms with E-state index in [-0.39, 0.29) is 6.61 Å². The van der Waals surface area contributed by atoms with Crippen molar-refractivity contribution in [2.24, 2.45) is 11.3 Å². The summed E-state index contributed by atoms with van der Waals surface area (Å²) in [6.07, 6.45) is 3.89. The Morgan fingerprint density at radius 1 is 1.37 bits per heavy atom. The highest BCUT2D eigenvalue weighted by atomic mass is 16.5. The van der Waals surface area contributed by atoms with E-state index in [0.717, 1.165) is 26.2 Å². The first-order valence-corrected chi connectivity index (χ1v) is 7.54. The monoisotopic (exact) mass is 272 g/mol. The highest BCUT2D eigenvalue weighted by molar-refractivity contribution is 4.93. The third-order valence-corrected chi connectivity index (χ3v) is 4.54. The van der Waals surface area contributed by atoms with Gasteiger partial charge in [-0.15, -0.1) is 0 Å². The number of methoxy groups -OCH3 is 1. The van der Waals surface area contributed by atoms with Gasteiger partial charge < -0.3 is 15.2 Å². The van der Waals surface area contributed by atoms with Crippen molar-refractivity contribution in [1.29, 1.82) is 0 Å². The summed E-state index contributed by atoms with van der Waals surface area (Å²) in [4.78, 5) is 2.33. The average molecular weight is 272 g/mol. The third kappa shape index (κ3) is 5.03. The van der Waals surface area contributed by atoms with E-state index < -0.39 is 0 Å². The summed E-state index contributed by atoms with van der Waals surface area (Å²) in [7, 11) is 3.81. The van der Waals surface area contributed by atoms with Crippen molar-refractivity contribution in [1.82, 2.24) is 10.2 Å². The standard InChI is InChI=1S/C15H32N2O2/c1-15(2)7-5-6-13(14(15)16-3)12-17(8-10-18)9-11-19-4/h13-14,16,18H,5-12H2,1-4H3. The predicted octanol–water partition coefficient (Wildman–Crippen LogP) is 1.34. The molecule has 0 aliphatic heterocycles. The normalized spacial score (nSPS) is 26.8. The molecule has 0 saturated heterocycles. The summed E-state index contributed by atoms with van der Waals surface area (Å²) in [6, 6.07) is 0.560. The predicted molar refractivity (Wildman–Crippen MR) is 79.4 cm³/mol. The lowest BCUT2D eigenvalue weighted by Crippen LogP contribution is -2.52. The van der Waals surface area contributed by atoms with Crippen LogP contribution < -0.4 is 5.32 Å². The van der Waals surface area contributed by atoms with Crippen molar-refractivity contribution < 1.29 is 9.84 Å². The zero-order valence-corrected chi connectivity index (χ0v) is 13.1. The SMILES string of the molecule is CNC1C(CN(CCO)CCOC)CCCC1(C)C. The highest BCUT2D eigenvalue weighted by Crippen LogP contribution is 2.39. The van der Waals surface area contributed by atoms with Crippen molar-refractivity contribution in [3.05, 3.63) is 0 Å². The van der Waals surface area contributed by atoms with E-state index in [0.29, 0.717) is 17.4 Å². The molecule has 0 aromatic carbocycles. The van der Waals surface area contributed by atoms with E-state index in [1.807, 2.05) is 0 Å². The maximum Gasteiger partial charge on any atom is 0.0589 e. The number of hydrogen-bond acceptors (Lipinski definition) is 4. The van der Waals surface area contributed by atoms with Gasteiger partial charge in [0.25, 0.3) is 0 Å². The molecule has 1 rings (SSSR count). The van der Waals surface area contributed by atoms with Crippen LogP contribution in [0.2, 0.25) is 0 Å². The summed E-state index contributed by atoms with van der Waals surface area (Å²) in [6.45, 7) is 8.40. The van der Waals surface area contributed by atoms with E-state index in [1.165, 1.54) is 19.3 Å². The number of ether oxygens (including phenoxy) is 1. The van der Waals surface area contributed by atoms with E-state index >= 15 is 0 Å². The zero-order valence-electron chi connectivity index (χ0n) is 13.1. The van der Waals surface area contributed by atoms with Crippen LogP contribution in [0.15, 0.2) is 0 Å². The fourth-order valence-electron chi connectivity index (χ4n) is 3.59. The Morgan fingerprint density at radius 2 is 2.11 bits per heavy atom. The van der Waals surface area contributed by atoms with Crippen LogP contribution in [-0.2, 0) is 4.74 Å². The summed E-state index contributed by atoms with van der Waals surface area (Å²) in [5.74, 6) is 0.664. The molecule has 0 heterocycles. The Labute approximate surface area is 118 Å². The van der Waals surface area contributed by atoms with E-state index in [2.05, 4.69) is 31.1 Å². The van der Waals surface area contributed by atoms with Gasteiger partial charge in [0.15, 0.2) is 0 Å². The molecule has 0 radical (unpaired) electrons. The van der Waals surface area contributed by atoms with Crippen LogP contribution in [-0.4, -0.2) is 63.1 Å². The van der Waals surface area contributed by atoms with Crippen LogP contribution in [0.4, 0.5) is 0 Å². The maximum atomic E-state index is 9.19. The Kier molecular flexibility index (Phi) is 7.29. The minimum absolute atomic E-state index is 0.226. The van der Waals surface area contributed by atoms with Crippen molar-refractivity contribution in [2.45, 2.75) is 39.2 Å². The maximum absolute atomic E-state index is 9.19. The number of hydrogen-bond donors (Lipinski definition) is 2. The molecule has 114 valence electrons. The first-order chi connectivity index (χ1) is 9.05. The first kappa shape index (κ1) is 16.9. The molecule has 4 heteroatoms. The molecule has 19 heavy (non-hydrogen) atoms. The molecule has 2 unspecified atom stereocenters. The molecule has 0 spiro atoms. The lowest BCUT2D eigenvalue weighted by atomic mass is 9.68. The quantitative estimate of drug-likeness (QED) is 0.700. The van der Waals surface area contributed by atoms with Crippen LogP contribution in [0.25, 0.3) is 0 Å². The Bertz CT molecular complexity index is 246. The van der Waals surface area contributed by atoms with Gasteiger partial charge in [0.05, 0.1) is 13.2 Å². The Morgan fingerprint density at radius 3 is 2.68 bits per heavy atom. The average Bonchev–Trinajstić information content (AvgIpc) is 2.35. The van der Waals surface area contributed by atoms with Gasteiger partial charge in [-0.05, 0) is 31.2 Å². The number of nitrogens with one attached hydrogen (secondary N) is 1. The van der Waals surface area contributed by atoms with E-state index in [9.17, 15) is 5.11 Å². The van der Waals surface area contributed by atoms with Crippen LogP contribution in [0.1, 0.15) is 33.1 Å². The summed E-state index contributed by atoms with van der Waals surface area (Å²) >= 11 is 0. The van der Waals surface area contributed by atoms with Crippen molar-refractivity contribution >= 4 is 0 Å². The lowest BCUT2D eigenvalue weighted by molar-refractivity contribution is 0.0647. The number of aliphatic hydroxyl groups excluding tert-OH is 1. The van der Waals surface area contributed by atoms with Crippen LogP contribution in [0.3, 0.4) is 0 Å². The van der Waals surface area contributed by atoms with Gasteiger partial charge >= 0.3 is 0 Å². The smallest absolute Gasteiger partial charge is 0.0589 e. The van der Waals surface area contributed by atoms with Gasteiger partial charge in [-0.1, -0.05) is 20.3 Å². The Hall–Kier alpha value is -0.160. The molecule has 0 bridgehead atoms. The van der Waals surface area contributed by atoms with Crippen LogP contribution in [0.5, 0.6) is 0 Å². The molecule has 1 aliphatic rings. The second-order valence-corrected chi connectivity index (χ2v) is 6.42. The summed E-state index contributed by atoms with van der Waals surface area (Å²) in [5.41, 5.74) is 0.365. The number of aliphatic hydroxyl groups is 1. The second kappa shape index (κ2) is 8.20. The van der Waals surface area contributed by atoms with Gasteiger partial charge in [-0.2, -0.15) is 0 Å². The zero-order chi connectivity index (χ0) is 14.3. The molecular weight excluding hydrogens is 240 g/mol.